The fourth-order valence-electron chi connectivity index (χ4n) is 2.22. The number of benzene rings is 1. The lowest BCUT2D eigenvalue weighted by Gasteiger charge is -2.26. The number of nitrogens with zero attached hydrogens (tertiary/aromatic N) is 4. The second-order valence-electron chi connectivity index (χ2n) is 5.13. The van der Waals surface area contributed by atoms with Gasteiger partial charge in [-0.15, -0.1) is 5.10 Å². The Balaban J connectivity index is 1.63. The number of ether oxygens (including phenoxy) is 1. The molecule has 10 heteroatoms. The first-order chi connectivity index (χ1) is 11.5. The van der Waals surface area contributed by atoms with E-state index in [1.165, 1.54) is 4.90 Å². The summed E-state index contributed by atoms with van der Waals surface area (Å²) in [5.74, 6) is -0.195. The van der Waals surface area contributed by atoms with Crippen LogP contribution in [-0.2, 0) is 9.59 Å². The molecule has 2 heterocycles. The Bertz CT molecular complexity index is 789. The van der Waals surface area contributed by atoms with Crippen molar-refractivity contribution in [1.82, 2.24) is 20.6 Å². The van der Waals surface area contributed by atoms with Crippen LogP contribution in [0.25, 0.3) is 0 Å². The van der Waals surface area contributed by atoms with E-state index in [4.69, 9.17) is 4.74 Å². The molecule has 24 heavy (non-hydrogen) atoms. The molecule has 0 spiro atoms. The maximum absolute atomic E-state index is 12.3. The zero-order valence-corrected chi connectivity index (χ0v) is 12.8. The first-order valence-corrected chi connectivity index (χ1v) is 7.14. The number of hydrogen-bond donors (Lipinski definition) is 2. The van der Waals surface area contributed by atoms with Crippen LogP contribution in [0, 0.1) is 0 Å². The Morgan fingerprint density at radius 2 is 2.21 bits per heavy atom. The van der Waals surface area contributed by atoms with Gasteiger partial charge in [0, 0.05) is 25.5 Å². The second-order valence-corrected chi connectivity index (χ2v) is 5.13. The minimum absolute atomic E-state index is 0.0149. The van der Waals surface area contributed by atoms with Gasteiger partial charge in [-0.3, -0.25) is 19.7 Å². The molecule has 0 saturated carbocycles. The average molecular weight is 330 g/mol. The molecular weight excluding hydrogens is 316 g/mol. The summed E-state index contributed by atoms with van der Waals surface area (Å²) in [5.41, 5.74) is 0.944. The van der Waals surface area contributed by atoms with Crippen LogP contribution >= 0.6 is 0 Å². The van der Waals surface area contributed by atoms with Gasteiger partial charge < -0.3 is 9.64 Å². The third-order valence-corrected chi connectivity index (χ3v) is 3.54. The molecule has 2 amide bonds. The molecule has 1 aromatic heterocycles. The number of fused-ring (bicyclic) bond motifs is 1. The number of rotatable bonds is 5. The van der Waals surface area contributed by atoms with Crippen LogP contribution in [0.3, 0.4) is 0 Å². The van der Waals surface area contributed by atoms with Crippen LogP contribution in [0.5, 0.6) is 5.75 Å². The van der Waals surface area contributed by atoms with Gasteiger partial charge in [-0.05, 0) is 23.4 Å². The van der Waals surface area contributed by atoms with Gasteiger partial charge in [-0.2, -0.15) is 5.21 Å². The average Bonchev–Trinajstić information content (AvgIpc) is 3.09. The first-order valence-electron chi connectivity index (χ1n) is 7.14. The van der Waals surface area contributed by atoms with Gasteiger partial charge in [0.1, 0.15) is 5.75 Å². The zero-order chi connectivity index (χ0) is 17.1. The number of hydrogen-bond acceptors (Lipinski definition) is 7. The second kappa shape index (κ2) is 6.44. The standard InChI is InChI=1S/C14H14N6O4/c1-20-9-6-8(2-4-11(9)24-7-13(20)23)10(21)3-5-12(22)15-14-16-18-19-17-14/h2,4,6H,3,5,7H2,1H3,(H2,15,16,17,18,19,22). The lowest BCUT2D eigenvalue weighted by atomic mass is 10.0. The fraction of sp³-hybridized carbons (Fsp3) is 0.286. The van der Waals surface area contributed by atoms with Crippen molar-refractivity contribution in [3.8, 4) is 5.75 Å². The molecule has 0 aliphatic carbocycles. The van der Waals surface area contributed by atoms with Crippen molar-refractivity contribution in [3.63, 3.8) is 0 Å². The van der Waals surface area contributed by atoms with E-state index >= 15 is 0 Å². The highest BCUT2D eigenvalue weighted by Gasteiger charge is 2.23. The van der Waals surface area contributed by atoms with Gasteiger partial charge in [0.05, 0.1) is 5.69 Å². The van der Waals surface area contributed by atoms with Crippen LogP contribution in [0.15, 0.2) is 18.2 Å². The van der Waals surface area contributed by atoms with Crippen molar-refractivity contribution >= 4 is 29.2 Å². The molecule has 1 aliphatic heterocycles. The van der Waals surface area contributed by atoms with Gasteiger partial charge in [0.2, 0.25) is 5.91 Å². The number of carbonyl (C=O) groups excluding carboxylic acids is 3. The Morgan fingerprint density at radius 3 is 2.96 bits per heavy atom. The third-order valence-electron chi connectivity index (χ3n) is 3.54. The highest BCUT2D eigenvalue weighted by atomic mass is 16.5. The highest BCUT2D eigenvalue weighted by molar-refractivity contribution is 6.03. The molecule has 0 radical (unpaired) electrons. The highest BCUT2D eigenvalue weighted by Crippen LogP contribution is 2.32. The first kappa shape index (κ1) is 15.6. The smallest absolute Gasteiger partial charge is 0.269 e. The minimum atomic E-state index is -0.390. The van der Waals surface area contributed by atoms with Crippen LogP contribution in [0.4, 0.5) is 11.6 Å². The summed E-state index contributed by atoms with van der Waals surface area (Å²) in [4.78, 5) is 37.1. The summed E-state index contributed by atoms with van der Waals surface area (Å²) in [7, 11) is 1.62. The number of nitrogens with one attached hydrogen (secondary N) is 2. The molecule has 124 valence electrons. The molecule has 0 bridgehead atoms. The molecule has 0 saturated heterocycles. The lowest BCUT2D eigenvalue weighted by Crippen LogP contribution is -2.35. The number of likely N-dealkylation sites (N-methyl/N-ethyl adjacent to an activating group) is 1. The van der Waals surface area contributed by atoms with E-state index in [9.17, 15) is 14.4 Å². The Kier molecular flexibility index (Phi) is 4.18. The molecule has 2 N–H and O–H groups in total. The quantitative estimate of drug-likeness (QED) is 0.746. The number of tetrazole rings is 1. The molecule has 1 aromatic carbocycles. The summed E-state index contributed by atoms with van der Waals surface area (Å²) in [6.07, 6.45) is -0.00326. The third kappa shape index (κ3) is 3.21. The van der Waals surface area contributed by atoms with E-state index < -0.39 is 5.91 Å². The number of aromatic nitrogens is 4. The molecule has 0 unspecified atom stereocenters. The van der Waals surface area contributed by atoms with E-state index in [2.05, 4.69) is 25.9 Å². The van der Waals surface area contributed by atoms with E-state index in [-0.39, 0.29) is 37.1 Å². The number of anilines is 2. The summed E-state index contributed by atoms with van der Waals surface area (Å²) >= 11 is 0. The zero-order valence-electron chi connectivity index (χ0n) is 12.8. The summed E-state index contributed by atoms with van der Waals surface area (Å²) < 4.78 is 5.31. The molecule has 2 aromatic rings. The molecule has 3 rings (SSSR count). The van der Waals surface area contributed by atoms with Crippen molar-refractivity contribution in [2.75, 3.05) is 23.9 Å². The molecule has 0 atom stereocenters. The van der Waals surface area contributed by atoms with Crippen molar-refractivity contribution in [1.29, 1.82) is 0 Å². The topological polar surface area (TPSA) is 130 Å². The van der Waals surface area contributed by atoms with Crippen LogP contribution in [0.1, 0.15) is 23.2 Å². The van der Waals surface area contributed by atoms with Gasteiger partial charge in [0.25, 0.3) is 11.9 Å². The number of aromatic amines is 1. The van der Waals surface area contributed by atoms with Gasteiger partial charge in [0.15, 0.2) is 12.4 Å². The maximum Gasteiger partial charge on any atom is 0.269 e. The lowest BCUT2D eigenvalue weighted by molar-refractivity contribution is -0.121. The number of ketones is 1. The van der Waals surface area contributed by atoms with Gasteiger partial charge in [-0.1, -0.05) is 5.10 Å². The minimum Gasteiger partial charge on any atom is -0.482 e. The summed E-state index contributed by atoms with van der Waals surface area (Å²) in [6.45, 7) is -0.0208. The van der Waals surface area contributed by atoms with Crippen LogP contribution in [-0.4, -0.2) is 51.9 Å². The van der Waals surface area contributed by atoms with E-state index in [0.717, 1.165) is 0 Å². The monoisotopic (exact) mass is 330 g/mol. The van der Waals surface area contributed by atoms with Crippen LogP contribution in [0.2, 0.25) is 0 Å². The van der Waals surface area contributed by atoms with Crippen molar-refractivity contribution in [2.24, 2.45) is 0 Å². The molecule has 1 aliphatic rings. The number of carbonyl (C=O) groups is 3. The van der Waals surface area contributed by atoms with E-state index in [1.807, 2.05) is 0 Å². The van der Waals surface area contributed by atoms with Crippen LogP contribution < -0.4 is 15.0 Å². The predicted octanol–water partition coefficient (Wildman–Crippen LogP) is 0.156. The fourth-order valence-corrected chi connectivity index (χ4v) is 2.22. The molecule has 10 nitrogen and oxygen atoms in total. The molecular formula is C14H14N6O4. The van der Waals surface area contributed by atoms with Gasteiger partial charge in [-0.25, -0.2) is 0 Å². The Hall–Kier alpha value is -3.30. The van der Waals surface area contributed by atoms with E-state index in [1.54, 1.807) is 25.2 Å². The summed E-state index contributed by atoms with van der Waals surface area (Å²) in [5, 5.41) is 15.1. The SMILES string of the molecule is CN1C(=O)COc2ccc(C(=O)CCC(=O)Nc3nn[nH]n3)cc21. The van der Waals surface area contributed by atoms with Crippen molar-refractivity contribution in [3.05, 3.63) is 23.8 Å². The van der Waals surface area contributed by atoms with Gasteiger partial charge >= 0.3 is 0 Å². The molecule has 0 fully saturated rings. The predicted molar refractivity (Wildman–Crippen MR) is 81.7 cm³/mol. The van der Waals surface area contributed by atoms with E-state index in [0.29, 0.717) is 17.0 Å². The summed E-state index contributed by atoms with van der Waals surface area (Å²) in [6, 6.07) is 4.85. The number of Topliss-reactive ketones (excluding diaryl/α,β-unsaturated/α-hetero) is 1. The largest absolute Gasteiger partial charge is 0.482 e. The number of H-pyrrole nitrogens is 1. The Morgan fingerprint density at radius 1 is 1.38 bits per heavy atom. The van der Waals surface area contributed by atoms with Crippen molar-refractivity contribution < 1.29 is 19.1 Å². The Labute approximate surface area is 136 Å². The number of amides is 2. The maximum atomic E-state index is 12.3. The normalized spacial score (nSPS) is 13.2. The van der Waals surface area contributed by atoms with Crippen molar-refractivity contribution in [2.45, 2.75) is 12.8 Å².